The first kappa shape index (κ1) is 13.3. The average molecular weight is 309 g/mol. The zero-order valence-corrected chi connectivity index (χ0v) is 12.8. The quantitative estimate of drug-likeness (QED) is 0.740. The summed E-state index contributed by atoms with van der Waals surface area (Å²) in [6.45, 7) is 3.71. The Morgan fingerprint density at radius 2 is 2.20 bits per heavy atom. The van der Waals surface area contributed by atoms with Gasteiger partial charge in [0.2, 0.25) is 0 Å². The number of hydrogen-bond acceptors (Lipinski definition) is 4. The van der Waals surface area contributed by atoms with Gasteiger partial charge in [0.25, 0.3) is 5.56 Å². The van der Waals surface area contributed by atoms with Gasteiger partial charge in [-0.15, -0.1) is 22.9 Å². The van der Waals surface area contributed by atoms with E-state index in [1.165, 1.54) is 11.3 Å². The van der Waals surface area contributed by atoms with Crippen molar-refractivity contribution in [3.63, 3.8) is 0 Å². The molecule has 104 valence electrons. The van der Waals surface area contributed by atoms with Crippen LogP contribution in [-0.2, 0) is 7.05 Å². The van der Waals surface area contributed by atoms with Crippen molar-refractivity contribution in [3.8, 4) is 11.1 Å². The molecule has 0 spiro atoms. The smallest absolute Gasteiger partial charge is 0.260 e. The van der Waals surface area contributed by atoms with Crippen molar-refractivity contribution in [2.75, 3.05) is 0 Å². The van der Waals surface area contributed by atoms with Crippen molar-refractivity contribution in [3.05, 3.63) is 33.4 Å². The third kappa shape index (κ3) is 2.05. The SMILES string of the molecule is Cc1nn(C)cc1-c1csc2nc(C(C)Cl)[nH]c(=O)c12. The largest absolute Gasteiger partial charge is 0.309 e. The lowest BCUT2D eigenvalue weighted by Crippen LogP contribution is -2.11. The number of aryl methyl sites for hydroxylation is 2. The molecular formula is C13H13ClN4OS. The molecule has 0 aliphatic rings. The first-order valence-corrected chi connectivity index (χ1v) is 7.45. The molecule has 3 heterocycles. The number of aromatic nitrogens is 4. The highest BCUT2D eigenvalue weighted by molar-refractivity contribution is 7.17. The summed E-state index contributed by atoms with van der Waals surface area (Å²) < 4.78 is 1.74. The maximum Gasteiger partial charge on any atom is 0.260 e. The number of hydrogen-bond donors (Lipinski definition) is 1. The van der Waals surface area contributed by atoms with Crippen LogP contribution in [-0.4, -0.2) is 19.7 Å². The highest BCUT2D eigenvalue weighted by Crippen LogP contribution is 2.32. The molecular weight excluding hydrogens is 296 g/mol. The third-order valence-electron chi connectivity index (χ3n) is 3.14. The maximum absolute atomic E-state index is 12.3. The fraction of sp³-hybridized carbons (Fsp3) is 0.308. The summed E-state index contributed by atoms with van der Waals surface area (Å²) in [7, 11) is 1.86. The minimum absolute atomic E-state index is 0.156. The standard InChI is InChI=1S/C13H13ClN4OS/c1-6(14)11-15-12(19)10-9(5-20-13(10)16-11)8-4-18(3)17-7(8)2/h4-6H,1-3H3,(H,15,16,19). The average Bonchev–Trinajstić information content (AvgIpc) is 2.92. The van der Waals surface area contributed by atoms with Gasteiger partial charge in [-0.2, -0.15) is 5.10 Å². The minimum atomic E-state index is -0.322. The van der Waals surface area contributed by atoms with E-state index in [1.54, 1.807) is 11.6 Å². The van der Waals surface area contributed by atoms with Crippen LogP contribution in [0.3, 0.4) is 0 Å². The number of halogens is 1. The number of nitrogens with one attached hydrogen (secondary N) is 1. The van der Waals surface area contributed by atoms with Crippen LogP contribution in [0.25, 0.3) is 21.3 Å². The van der Waals surface area contributed by atoms with Gasteiger partial charge in [0, 0.05) is 29.8 Å². The Labute approximate surface area is 124 Å². The van der Waals surface area contributed by atoms with Crippen LogP contribution < -0.4 is 5.56 Å². The number of fused-ring (bicyclic) bond motifs is 1. The topological polar surface area (TPSA) is 63.6 Å². The van der Waals surface area contributed by atoms with Gasteiger partial charge in [0.15, 0.2) is 0 Å². The second kappa shape index (κ2) is 4.71. The van der Waals surface area contributed by atoms with Crippen molar-refractivity contribution >= 4 is 33.2 Å². The highest BCUT2D eigenvalue weighted by atomic mass is 35.5. The van der Waals surface area contributed by atoms with Gasteiger partial charge in [-0.05, 0) is 13.8 Å². The molecule has 0 aliphatic heterocycles. The van der Waals surface area contributed by atoms with Gasteiger partial charge < -0.3 is 4.98 Å². The molecule has 3 aromatic heterocycles. The number of thiophene rings is 1. The van der Waals surface area contributed by atoms with Gasteiger partial charge in [0.1, 0.15) is 10.7 Å². The number of nitrogens with zero attached hydrogens (tertiary/aromatic N) is 3. The lowest BCUT2D eigenvalue weighted by atomic mass is 10.1. The summed E-state index contributed by atoms with van der Waals surface area (Å²) in [4.78, 5) is 20.2. The summed E-state index contributed by atoms with van der Waals surface area (Å²) in [5, 5.41) is 6.54. The summed E-state index contributed by atoms with van der Waals surface area (Å²) >= 11 is 7.43. The van der Waals surface area contributed by atoms with E-state index < -0.39 is 0 Å². The molecule has 0 radical (unpaired) electrons. The van der Waals surface area contributed by atoms with Gasteiger partial charge in [-0.3, -0.25) is 9.48 Å². The van der Waals surface area contributed by atoms with Gasteiger partial charge in [-0.25, -0.2) is 4.98 Å². The van der Waals surface area contributed by atoms with Crippen LogP contribution in [0.5, 0.6) is 0 Å². The van der Waals surface area contributed by atoms with Crippen LogP contribution in [0.4, 0.5) is 0 Å². The van der Waals surface area contributed by atoms with E-state index in [0.717, 1.165) is 16.8 Å². The lowest BCUT2D eigenvalue weighted by Gasteiger charge is -2.02. The van der Waals surface area contributed by atoms with Gasteiger partial charge in [0.05, 0.1) is 16.5 Å². The number of aromatic amines is 1. The van der Waals surface area contributed by atoms with Crippen molar-refractivity contribution in [2.45, 2.75) is 19.2 Å². The minimum Gasteiger partial charge on any atom is -0.309 e. The zero-order valence-electron chi connectivity index (χ0n) is 11.3. The second-order valence-corrected chi connectivity index (χ2v) is 6.21. The maximum atomic E-state index is 12.3. The van der Waals surface area contributed by atoms with E-state index in [1.807, 2.05) is 25.5 Å². The van der Waals surface area contributed by atoms with E-state index in [-0.39, 0.29) is 10.9 Å². The lowest BCUT2D eigenvalue weighted by molar-refractivity contribution is 0.756. The fourth-order valence-corrected chi connectivity index (χ4v) is 3.27. The predicted molar refractivity (Wildman–Crippen MR) is 81.4 cm³/mol. The van der Waals surface area contributed by atoms with Crippen LogP contribution >= 0.6 is 22.9 Å². The van der Waals surface area contributed by atoms with E-state index >= 15 is 0 Å². The summed E-state index contributed by atoms with van der Waals surface area (Å²) in [6.07, 6.45) is 1.91. The first-order chi connectivity index (χ1) is 9.47. The third-order valence-corrected chi connectivity index (χ3v) is 4.22. The van der Waals surface area contributed by atoms with Crippen molar-refractivity contribution in [1.82, 2.24) is 19.7 Å². The molecule has 0 saturated carbocycles. The van der Waals surface area contributed by atoms with Crippen LogP contribution in [0.1, 0.15) is 23.8 Å². The molecule has 0 aliphatic carbocycles. The molecule has 0 fully saturated rings. The Morgan fingerprint density at radius 3 is 2.80 bits per heavy atom. The normalized spacial score (nSPS) is 13.0. The zero-order chi connectivity index (χ0) is 14.4. The van der Waals surface area contributed by atoms with Crippen LogP contribution in [0.15, 0.2) is 16.4 Å². The van der Waals surface area contributed by atoms with Crippen molar-refractivity contribution in [1.29, 1.82) is 0 Å². The Balaban J connectivity index is 2.29. The molecule has 20 heavy (non-hydrogen) atoms. The highest BCUT2D eigenvalue weighted by Gasteiger charge is 2.17. The molecule has 0 saturated heterocycles. The van der Waals surface area contributed by atoms with Crippen molar-refractivity contribution in [2.24, 2.45) is 7.05 Å². The molecule has 1 unspecified atom stereocenters. The molecule has 1 atom stereocenters. The summed E-state index contributed by atoms with van der Waals surface area (Å²) in [5.41, 5.74) is 2.56. The van der Waals surface area contributed by atoms with Gasteiger partial charge in [-0.1, -0.05) is 0 Å². The molecule has 0 amide bonds. The van der Waals surface area contributed by atoms with E-state index in [4.69, 9.17) is 11.6 Å². The first-order valence-electron chi connectivity index (χ1n) is 6.13. The molecule has 0 aromatic carbocycles. The number of rotatable bonds is 2. The molecule has 7 heteroatoms. The second-order valence-electron chi connectivity index (χ2n) is 4.70. The fourth-order valence-electron chi connectivity index (χ4n) is 2.22. The van der Waals surface area contributed by atoms with Crippen LogP contribution in [0.2, 0.25) is 0 Å². The van der Waals surface area contributed by atoms with Gasteiger partial charge >= 0.3 is 0 Å². The Kier molecular flexibility index (Phi) is 3.14. The van der Waals surface area contributed by atoms with Crippen LogP contribution in [0, 0.1) is 6.92 Å². The summed E-state index contributed by atoms with van der Waals surface area (Å²) in [5.74, 6) is 0.500. The molecule has 5 nitrogen and oxygen atoms in total. The summed E-state index contributed by atoms with van der Waals surface area (Å²) in [6, 6.07) is 0. The van der Waals surface area contributed by atoms with Crippen molar-refractivity contribution < 1.29 is 0 Å². The van der Waals surface area contributed by atoms with E-state index in [2.05, 4.69) is 15.1 Å². The van der Waals surface area contributed by atoms with E-state index in [0.29, 0.717) is 16.0 Å². The molecule has 1 N–H and O–H groups in total. The molecule has 3 rings (SSSR count). The Hall–Kier alpha value is -1.66. The predicted octanol–water partition coefficient (Wildman–Crippen LogP) is 2.99. The monoisotopic (exact) mass is 308 g/mol. The number of alkyl halides is 1. The molecule has 3 aromatic rings. The number of H-pyrrole nitrogens is 1. The molecule has 0 bridgehead atoms. The Morgan fingerprint density at radius 1 is 1.45 bits per heavy atom. The Bertz CT molecular complexity index is 846. The van der Waals surface area contributed by atoms with E-state index in [9.17, 15) is 4.79 Å².